The first-order chi connectivity index (χ1) is 16.6. The van der Waals surface area contributed by atoms with Crippen LogP contribution in [0.25, 0.3) is 0 Å². The number of hydrogen-bond donors (Lipinski definition) is 0. The zero-order chi connectivity index (χ0) is 23.8. The SMILES string of the molecule is O=C(c1ccccc1)C(CN(N=Cc1ccccc1)C(=O)c1ccc(Cl)cc1)c1ccccc1. The van der Waals surface area contributed by atoms with Crippen molar-refractivity contribution in [3.8, 4) is 0 Å². The summed E-state index contributed by atoms with van der Waals surface area (Å²) >= 11 is 6.01. The number of carbonyl (C=O) groups is 2. The molecule has 4 aromatic carbocycles. The molecule has 4 rings (SSSR count). The predicted molar refractivity (Wildman–Crippen MR) is 136 cm³/mol. The number of Topliss-reactive ketones (excluding diaryl/α,β-unsaturated/α-hetero) is 1. The summed E-state index contributed by atoms with van der Waals surface area (Å²) in [7, 11) is 0. The molecule has 1 atom stereocenters. The summed E-state index contributed by atoms with van der Waals surface area (Å²) in [5.74, 6) is -0.978. The van der Waals surface area contributed by atoms with Crippen molar-refractivity contribution in [3.63, 3.8) is 0 Å². The molecule has 1 unspecified atom stereocenters. The molecule has 4 nitrogen and oxygen atoms in total. The zero-order valence-corrected chi connectivity index (χ0v) is 19.2. The summed E-state index contributed by atoms with van der Waals surface area (Å²) in [5.41, 5.74) is 2.69. The van der Waals surface area contributed by atoms with Crippen LogP contribution in [0.2, 0.25) is 5.02 Å². The van der Waals surface area contributed by atoms with Gasteiger partial charge in [-0.1, -0.05) is 103 Å². The Bertz CT molecular complexity index is 1260. The lowest BCUT2D eigenvalue weighted by Gasteiger charge is -2.24. The third-order valence-electron chi connectivity index (χ3n) is 5.40. The minimum absolute atomic E-state index is 0.0735. The lowest BCUT2D eigenvalue weighted by atomic mass is 9.90. The molecule has 168 valence electrons. The van der Waals surface area contributed by atoms with E-state index in [0.29, 0.717) is 16.1 Å². The van der Waals surface area contributed by atoms with Gasteiger partial charge in [-0.3, -0.25) is 9.59 Å². The highest BCUT2D eigenvalue weighted by molar-refractivity contribution is 6.30. The minimum Gasteiger partial charge on any atom is -0.293 e. The van der Waals surface area contributed by atoms with Crippen LogP contribution in [0.5, 0.6) is 0 Å². The maximum Gasteiger partial charge on any atom is 0.273 e. The molecule has 0 saturated carbocycles. The molecule has 0 bridgehead atoms. The van der Waals surface area contributed by atoms with Crippen molar-refractivity contribution in [1.29, 1.82) is 0 Å². The second kappa shape index (κ2) is 11.2. The van der Waals surface area contributed by atoms with Crippen molar-refractivity contribution in [3.05, 3.63) is 143 Å². The van der Waals surface area contributed by atoms with Gasteiger partial charge in [0.25, 0.3) is 5.91 Å². The summed E-state index contributed by atoms with van der Waals surface area (Å²) in [6.07, 6.45) is 1.63. The Kier molecular flexibility index (Phi) is 7.63. The monoisotopic (exact) mass is 466 g/mol. The van der Waals surface area contributed by atoms with Gasteiger partial charge in [-0.25, -0.2) is 5.01 Å². The van der Waals surface area contributed by atoms with E-state index in [-0.39, 0.29) is 18.2 Å². The number of carbonyl (C=O) groups excluding carboxylic acids is 2. The van der Waals surface area contributed by atoms with E-state index in [0.717, 1.165) is 11.1 Å². The van der Waals surface area contributed by atoms with Gasteiger partial charge >= 0.3 is 0 Å². The second-order valence-electron chi connectivity index (χ2n) is 7.74. The predicted octanol–water partition coefficient (Wildman–Crippen LogP) is 6.48. The van der Waals surface area contributed by atoms with Crippen LogP contribution < -0.4 is 0 Å². The van der Waals surface area contributed by atoms with E-state index in [1.807, 2.05) is 78.9 Å². The molecular formula is C29H23ClN2O2. The van der Waals surface area contributed by atoms with E-state index in [2.05, 4.69) is 5.10 Å². The van der Waals surface area contributed by atoms with Crippen LogP contribution in [0.15, 0.2) is 120 Å². The first-order valence-electron chi connectivity index (χ1n) is 10.9. The summed E-state index contributed by atoms with van der Waals surface area (Å²) in [6.45, 7) is 0.0858. The van der Waals surface area contributed by atoms with Crippen molar-refractivity contribution >= 4 is 29.5 Å². The molecular weight excluding hydrogens is 444 g/mol. The number of halogens is 1. The molecule has 0 heterocycles. The van der Waals surface area contributed by atoms with Crippen LogP contribution in [-0.2, 0) is 0 Å². The van der Waals surface area contributed by atoms with Crippen LogP contribution in [0.4, 0.5) is 0 Å². The maximum absolute atomic E-state index is 13.6. The van der Waals surface area contributed by atoms with Gasteiger partial charge in [0, 0.05) is 16.1 Å². The van der Waals surface area contributed by atoms with Crippen molar-refractivity contribution in [2.24, 2.45) is 5.10 Å². The largest absolute Gasteiger partial charge is 0.293 e. The van der Waals surface area contributed by atoms with Gasteiger partial charge in [-0.2, -0.15) is 5.10 Å². The number of hydrazone groups is 1. The highest BCUT2D eigenvalue weighted by atomic mass is 35.5. The molecule has 0 aliphatic rings. The van der Waals surface area contributed by atoms with Crippen LogP contribution in [-0.4, -0.2) is 29.5 Å². The number of ketones is 1. The van der Waals surface area contributed by atoms with Crippen molar-refractivity contribution in [2.45, 2.75) is 5.92 Å². The minimum atomic E-state index is -0.590. The molecule has 5 heteroatoms. The smallest absolute Gasteiger partial charge is 0.273 e. The normalized spacial score (nSPS) is 11.8. The number of amides is 1. The Labute approximate surface area is 204 Å². The van der Waals surface area contributed by atoms with E-state index >= 15 is 0 Å². The molecule has 0 saturated heterocycles. The molecule has 0 aromatic heterocycles. The topological polar surface area (TPSA) is 49.7 Å². The molecule has 0 radical (unpaired) electrons. The van der Waals surface area contributed by atoms with E-state index in [4.69, 9.17) is 11.6 Å². The number of hydrogen-bond acceptors (Lipinski definition) is 3. The number of benzene rings is 4. The average Bonchev–Trinajstić information content (AvgIpc) is 2.90. The highest BCUT2D eigenvalue weighted by Crippen LogP contribution is 2.24. The van der Waals surface area contributed by atoms with E-state index in [1.165, 1.54) is 5.01 Å². The van der Waals surface area contributed by atoms with Crippen molar-refractivity contribution in [1.82, 2.24) is 5.01 Å². The van der Waals surface area contributed by atoms with Crippen LogP contribution in [0, 0.1) is 0 Å². The summed E-state index contributed by atoms with van der Waals surface area (Å²) in [4.78, 5) is 27.0. The Morgan fingerprint density at radius 1 is 0.735 bits per heavy atom. The van der Waals surface area contributed by atoms with E-state index in [1.54, 1.807) is 42.6 Å². The highest BCUT2D eigenvalue weighted by Gasteiger charge is 2.27. The van der Waals surface area contributed by atoms with Crippen molar-refractivity contribution in [2.75, 3.05) is 6.54 Å². The Hall–Kier alpha value is -4.02. The van der Waals surface area contributed by atoms with E-state index < -0.39 is 5.92 Å². The quantitative estimate of drug-likeness (QED) is 0.169. The molecule has 0 aliphatic carbocycles. The number of nitrogens with zero attached hydrogens (tertiary/aromatic N) is 2. The van der Waals surface area contributed by atoms with Gasteiger partial charge < -0.3 is 0 Å². The number of rotatable bonds is 8. The van der Waals surface area contributed by atoms with Crippen LogP contribution in [0.3, 0.4) is 0 Å². The average molecular weight is 467 g/mol. The third-order valence-corrected chi connectivity index (χ3v) is 5.66. The van der Waals surface area contributed by atoms with Gasteiger partial charge in [0.1, 0.15) is 0 Å². The van der Waals surface area contributed by atoms with Crippen LogP contribution >= 0.6 is 11.6 Å². The molecule has 0 fully saturated rings. The first-order valence-corrected chi connectivity index (χ1v) is 11.3. The third kappa shape index (κ3) is 5.85. The van der Waals surface area contributed by atoms with Crippen molar-refractivity contribution < 1.29 is 9.59 Å². The maximum atomic E-state index is 13.6. The molecule has 4 aromatic rings. The molecule has 0 spiro atoms. The van der Waals surface area contributed by atoms with Gasteiger partial charge in [0.2, 0.25) is 0 Å². The summed E-state index contributed by atoms with van der Waals surface area (Å²) < 4.78 is 0. The fourth-order valence-electron chi connectivity index (χ4n) is 3.60. The standard InChI is InChI=1S/C29H23ClN2O2/c30-26-18-16-25(17-19-26)29(34)32(31-20-22-10-4-1-5-11-22)21-27(23-12-6-2-7-13-23)28(33)24-14-8-3-9-15-24/h1-20,27H,21H2. The van der Waals surface area contributed by atoms with Crippen LogP contribution in [0.1, 0.15) is 37.8 Å². The Morgan fingerprint density at radius 2 is 1.29 bits per heavy atom. The van der Waals surface area contributed by atoms with Gasteiger partial charge in [-0.15, -0.1) is 0 Å². The Balaban J connectivity index is 1.71. The molecule has 0 N–H and O–H groups in total. The van der Waals surface area contributed by atoms with Gasteiger partial charge in [0.05, 0.1) is 18.7 Å². The lowest BCUT2D eigenvalue weighted by Crippen LogP contribution is -2.33. The lowest BCUT2D eigenvalue weighted by molar-refractivity contribution is 0.0736. The van der Waals surface area contributed by atoms with E-state index in [9.17, 15) is 9.59 Å². The van der Waals surface area contributed by atoms with Gasteiger partial charge in [0.15, 0.2) is 5.78 Å². The molecule has 1 amide bonds. The fraction of sp³-hybridized carbons (Fsp3) is 0.0690. The first kappa shape index (κ1) is 23.1. The molecule has 0 aliphatic heterocycles. The summed E-state index contributed by atoms with van der Waals surface area (Å²) in [5, 5.41) is 6.40. The second-order valence-corrected chi connectivity index (χ2v) is 8.18. The zero-order valence-electron chi connectivity index (χ0n) is 18.4. The van der Waals surface area contributed by atoms with Gasteiger partial charge in [-0.05, 0) is 35.4 Å². The molecule has 34 heavy (non-hydrogen) atoms. The fourth-order valence-corrected chi connectivity index (χ4v) is 3.73. The summed E-state index contributed by atoms with van der Waals surface area (Å²) in [6, 6.07) is 34.8. The Morgan fingerprint density at radius 3 is 1.91 bits per heavy atom.